The van der Waals surface area contributed by atoms with Crippen LogP contribution in [0.3, 0.4) is 0 Å². The Labute approximate surface area is 174 Å². The van der Waals surface area contributed by atoms with E-state index in [0.717, 1.165) is 11.6 Å². The van der Waals surface area contributed by atoms with Crippen LogP contribution in [0, 0.1) is 22.7 Å². The molecule has 0 radical (unpaired) electrons. The van der Waals surface area contributed by atoms with Crippen molar-refractivity contribution in [2.75, 3.05) is 0 Å². The molecule has 30 heavy (non-hydrogen) atoms. The number of rotatable bonds is 4. The highest BCUT2D eigenvalue weighted by Gasteiger charge is 2.28. The molecule has 0 aliphatic heterocycles. The van der Waals surface area contributed by atoms with Crippen LogP contribution in [-0.2, 0) is 9.84 Å². The molecule has 4 rings (SSSR count). The molecule has 4 aromatic rings. The number of nitrogens with zero attached hydrogens (tertiary/aromatic N) is 2. The first-order chi connectivity index (χ1) is 14.6. The summed E-state index contributed by atoms with van der Waals surface area (Å²) in [6, 6.07) is 26.2. The van der Waals surface area contributed by atoms with Gasteiger partial charge in [-0.25, -0.2) is 8.42 Å². The number of nitriles is 2. The van der Waals surface area contributed by atoms with Gasteiger partial charge in [0, 0.05) is 22.5 Å². The van der Waals surface area contributed by atoms with Crippen LogP contribution in [0.5, 0.6) is 0 Å². The summed E-state index contributed by atoms with van der Waals surface area (Å²) in [5.41, 5.74) is 2.97. The Morgan fingerprint density at radius 2 is 1.53 bits per heavy atom. The van der Waals surface area contributed by atoms with Crippen LogP contribution in [-0.4, -0.2) is 13.4 Å². The summed E-state index contributed by atoms with van der Waals surface area (Å²) in [5.74, 6) is 0. The Balaban J connectivity index is 2.04. The van der Waals surface area contributed by atoms with Crippen molar-refractivity contribution in [2.45, 2.75) is 4.90 Å². The first-order valence-corrected chi connectivity index (χ1v) is 10.6. The molecule has 0 aliphatic carbocycles. The summed E-state index contributed by atoms with van der Waals surface area (Å²) in [6.45, 7) is 0. The molecule has 3 aromatic carbocycles. The molecule has 0 saturated carbocycles. The molecule has 6 heteroatoms. The summed E-state index contributed by atoms with van der Waals surface area (Å²) in [4.78, 5) is 3.32. The second kappa shape index (κ2) is 7.71. The second-order valence-electron chi connectivity index (χ2n) is 6.56. The molecule has 5 nitrogen and oxygen atoms in total. The standard InChI is InChI=1S/C24H15N3O2S/c25-15-14-22(30(28,29)19-6-2-1-3-7-19)23-20-8-4-5-9-21(20)27-24(23)18-12-10-17(16-26)11-13-18/h1-14,27H. The van der Waals surface area contributed by atoms with Crippen molar-refractivity contribution < 1.29 is 8.42 Å². The Morgan fingerprint density at radius 1 is 0.867 bits per heavy atom. The van der Waals surface area contributed by atoms with Gasteiger partial charge in [0.15, 0.2) is 0 Å². The van der Waals surface area contributed by atoms with E-state index in [1.807, 2.05) is 30.3 Å². The van der Waals surface area contributed by atoms with Crippen LogP contribution < -0.4 is 0 Å². The molecule has 1 aromatic heterocycles. The fraction of sp³-hybridized carbons (Fsp3) is 0. The Bertz CT molecular complexity index is 1450. The number of hydrogen-bond donors (Lipinski definition) is 1. The molecular weight excluding hydrogens is 394 g/mol. The van der Waals surface area contributed by atoms with Gasteiger partial charge in [0.05, 0.1) is 33.2 Å². The van der Waals surface area contributed by atoms with Crippen molar-refractivity contribution in [1.29, 1.82) is 10.5 Å². The maximum Gasteiger partial charge on any atom is 0.207 e. The number of fused-ring (bicyclic) bond motifs is 1. The zero-order valence-electron chi connectivity index (χ0n) is 15.7. The van der Waals surface area contributed by atoms with Gasteiger partial charge in [-0.1, -0.05) is 48.5 Å². The third-order valence-corrected chi connectivity index (χ3v) is 6.59. The normalized spacial score (nSPS) is 11.7. The van der Waals surface area contributed by atoms with Gasteiger partial charge in [0.2, 0.25) is 9.84 Å². The molecule has 0 fully saturated rings. The zero-order valence-corrected chi connectivity index (χ0v) is 16.5. The van der Waals surface area contributed by atoms with Gasteiger partial charge in [0.1, 0.15) is 0 Å². The van der Waals surface area contributed by atoms with Gasteiger partial charge < -0.3 is 4.98 Å². The molecule has 0 saturated heterocycles. The van der Waals surface area contributed by atoms with Crippen molar-refractivity contribution in [2.24, 2.45) is 0 Å². The lowest BCUT2D eigenvalue weighted by Crippen LogP contribution is -2.05. The average molecular weight is 409 g/mol. The summed E-state index contributed by atoms with van der Waals surface area (Å²) < 4.78 is 26.9. The van der Waals surface area contributed by atoms with Crippen molar-refractivity contribution in [3.8, 4) is 23.4 Å². The predicted octanol–water partition coefficient (Wildman–Crippen LogP) is 5.04. The van der Waals surface area contributed by atoms with Crippen LogP contribution in [0.25, 0.3) is 27.1 Å². The molecule has 0 unspecified atom stereocenters. The summed E-state index contributed by atoms with van der Waals surface area (Å²) >= 11 is 0. The fourth-order valence-electron chi connectivity index (χ4n) is 3.40. The van der Waals surface area contributed by atoms with Crippen LogP contribution in [0.4, 0.5) is 0 Å². The van der Waals surface area contributed by atoms with E-state index in [-0.39, 0.29) is 9.80 Å². The van der Waals surface area contributed by atoms with Crippen molar-refractivity contribution in [3.63, 3.8) is 0 Å². The number of H-pyrrole nitrogens is 1. The number of aromatic nitrogens is 1. The molecule has 1 heterocycles. The number of sulfone groups is 1. The SMILES string of the molecule is N#CC=C(c1c(-c2ccc(C#N)cc2)[nH]c2ccccc12)S(=O)(=O)c1ccccc1. The molecular formula is C24H15N3O2S. The van der Waals surface area contributed by atoms with E-state index in [4.69, 9.17) is 5.26 Å². The molecule has 144 valence electrons. The van der Waals surface area contributed by atoms with E-state index in [0.29, 0.717) is 27.8 Å². The first kappa shape index (κ1) is 19.2. The maximum atomic E-state index is 13.5. The zero-order chi connectivity index (χ0) is 21.1. The van der Waals surface area contributed by atoms with Crippen LogP contribution in [0.1, 0.15) is 11.1 Å². The van der Waals surface area contributed by atoms with Crippen molar-refractivity contribution in [3.05, 3.63) is 96.1 Å². The highest BCUT2D eigenvalue weighted by atomic mass is 32.2. The van der Waals surface area contributed by atoms with Crippen LogP contribution in [0.15, 0.2) is 89.8 Å². The molecule has 0 atom stereocenters. The van der Waals surface area contributed by atoms with E-state index < -0.39 is 9.84 Å². The molecule has 0 spiro atoms. The number of para-hydroxylation sites is 1. The number of hydrogen-bond acceptors (Lipinski definition) is 4. The van der Waals surface area contributed by atoms with E-state index in [9.17, 15) is 13.7 Å². The van der Waals surface area contributed by atoms with Gasteiger partial charge in [-0.05, 0) is 35.9 Å². The molecule has 0 amide bonds. The minimum absolute atomic E-state index is 0.0759. The summed E-state index contributed by atoms with van der Waals surface area (Å²) in [6.07, 6.45) is 1.07. The third-order valence-electron chi connectivity index (χ3n) is 4.79. The van der Waals surface area contributed by atoms with Gasteiger partial charge in [0.25, 0.3) is 0 Å². The average Bonchev–Trinajstić information content (AvgIpc) is 3.17. The lowest BCUT2D eigenvalue weighted by molar-refractivity contribution is 0.606. The van der Waals surface area contributed by atoms with Crippen molar-refractivity contribution >= 4 is 25.6 Å². The van der Waals surface area contributed by atoms with Crippen LogP contribution >= 0.6 is 0 Å². The largest absolute Gasteiger partial charge is 0.354 e. The number of benzene rings is 3. The third kappa shape index (κ3) is 3.26. The van der Waals surface area contributed by atoms with E-state index in [1.54, 1.807) is 42.5 Å². The maximum absolute atomic E-state index is 13.5. The number of nitrogens with one attached hydrogen (secondary N) is 1. The number of aromatic amines is 1. The smallest absolute Gasteiger partial charge is 0.207 e. The fourth-order valence-corrected chi connectivity index (χ4v) is 4.85. The monoisotopic (exact) mass is 409 g/mol. The Kier molecular flexibility index (Phi) is 4.93. The predicted molar refractivity (Wildman–Crippen MR) is 116 cm³/mol. The lowest BCUT2D eigenvalue weighted by atomic mass is 10.0. The van der Waals surface area contributed by atoms with E-state index in [2.05, 4.69) is 11.1 Å². The van der Waals surface area contributed by atoms with Gasteiger partial charge >= 0.3 is 0 Å². The van der Waals surface area contributed by atoms with Gasteiger partial charge in [-0.15, -0.1) is 0 Å². The van der Waals surface area contributed by atoms with E-state index in [1.165, 1.54) is 12.1 Å². The topological polar surface area (TPSA) is 97.5 Å². The summed E-state index contributed by atoms with van der Waals surface area (Å²) in [7, 11) is -3.95. The highest BCUT2D eigenvalue weighted by Crippen LogP contribution is 2.39. The first-order valence-electron chi connectivity index (χ1n) is 9.08. The van der Waals surface area contributed by atoms with Gasteiger partial charge in [-0.2, -0.15) is 10.5 Å². The minimum Gasteiger partial charge on any atom is -0.354 e. The quantitative estimate of drug-likeness (QED) is 0.477. The van der Waals surface area contributed by atoms with E-state index >= 15 is 0 Å². The Morgan fingerprint density at radius 3 is 2.20 bits per heavy atom. The second-order valence-corrected chi connectivity index (χ2v) is 8.48. The Hall–Kier alpha value is -4.13. The molecule has 0 aliphatic rings. The highest BCUT2D eigenvalue weighted by molar-refractivity contribution is 8.00. The minimum atomic E-state index is -3.95. The number of allylic oxidation sites excluding steroid dienone is 1. The molecule has 0 bridgehead atoms. The summed E-state index contributed by atoms with van der Waals surface area (Å²) in [5, 5.41) is 19.2. The molecule has 1 N–H and O–H groups in total. The van der Waals surface area contributed by atoms with Gasteiger partial charge in [-0.3, -0.25) is 0 Å². The lowest BCUT2D eigenvalue weighted by Gasteiger charge is -2.11. The van der Waals surface area contributed by atoms with Crippen LogP contribution in [0.2, 0.25) is 0 Å². The van der Waals surface area contributed by atoms with Crippen molar-refractivity contribution in [1.82, 2.24) is 4.98 Å².